The maximum Gasteiger partial charge on any atom is 0.338 e. The zero-order valence-corrected chi connectivity index (χ0v) is 17.0. The van der Waals surface area contributed by atoms with Gasteiger partial charge in [0.2, 0.25) is 15.8 Å². The molecule has 1 N–H and O–H groups in total. The number of rotatable bonds is 8. The van der Waals surface area contributed by atoms with Gasteiger partial charge in [0.25, 0.3) is 0 Å². The number of para-hydroxylation sites is 1. The summed E-state index contributed by atoms with van der Waals surface area (Å²) in [6.45, 7) is 3.84. The van der Waals surface area contributed by atoms with E-state index in [1.165, 1.54) is 28.6 Å². The van der Waals surface area contributed by atoms with Crippen molar-refractivity contribution in [2.45, 2.75) is 18.7 Å². The van der Waals surface area contributed by atoms with Crippen molar-refractivity contribution in [2.75, 3.05) is 19.7 Å². The average molecular weight is 414 g/mol. The van der Waals surface area contributed by atoms with Crippen molar-refractivity contribution in [3.63, 3.8) is 0 Å². The summed E-state index contributed by atoms with van der Waals surface area (Å²) in [5, 5.41) is 0.763. The minimum absolute atomic E-state index is 0.104. The number of carbonyl (C=O) groups is 2. The zero-order chi connectivity index (χ0) is 21.0. The minimum Gasteiger partial charge on any atom is -0.454 e. The van der Waals surface area contributed by atoms with Crippen LogP contribution in [0.4, 0.5) is 0 Å². The number of esters is 1. The van der Waals surface area contributed by atoms with Crippen LogP contribution in [0.25, 0.3) is 10.9 Å². The first kappa shape index (κ1) is 20.8. The number of fused-ring (bicyclic) bond motifs is 1. The molecule has 0 aliphatic carbocycles. The fraction of sp³-hybridized carbons (Fsp3) is 0.238. The molecule has 0 radical (unpaired) electrons. The van der Waals surface area contributed by atoms with Crippen LogP contribution in [0.2, 0.25) is 0 Å². The molecule has 0 bridgehead atoms. The second-order valence-corrected chi connectivity index (χ2v) is 8.30. The summed E-state index contributed by atoms with van der Waals surface area (Å²) < 4.78 is 31.4. The lowest BCUT2D eigenvalue weighted by Gasteiger charge is -2.18. The number of hydrogen-bond acceptors (Lipinski definition) is 5. The summed E-state index contributed by atoms with van der Waals surface area (Å²) in [5.74, 6) is -1.01. The van der Waals surface area contributed by atoms with Crippen LogP contribution in [-0.4, -0.2) is 49.2 Å². The average Bonchev–Trinajstić information content (AvgIpc) is 3.17. The lowest BCUT2D eigenvalue weighted by atomic mass is 10.1. The van der Waals surface area contributed by atoms with Crippen molar-refractivity contribution in [3.8, 4) is 0 Å². The van der Waals surface area contributed by atoms with Crippen molar-refractivity contribution < 1.29 is 22.7 Å². The molecule has 8 heteroatoms. The van der Waals surface area contributed by atoms with E-state index in [-0.39, 0.29) is 16.2 Å². The molecule has 0 atom stereocenters. The van der Waals surface area contributed by atoms with E-state index in [9.17, 15) is 18.0 Å². The number of Topliss-reactive ketones (excluding diaryl/α,β-unsaturated/α-hetero) is 1. The van der Waals surface area contributed by atoms with Crippen molar-refractivity contribution in [2.24, 2.45) is 0 Å². The third-order valence-corrected chi connectivity index (χ3v) is 6.72. The lowest BCUT2D eigenvalue weighted by molar-refractivity contribution is 0.0475. The standard InChI is InChI=1S/C21H22N2O5S/c1-3-23(4-2)29(26,27)16-11-9-15(10-12-16)21(25)28-14-20(24)18-13-22-19-8-6-5-7-17(18)19/h5-13,22H,3-4,14H2,1-2H3. The first-order valence-electron chi connectivity index (χ1n) is 9.25. The quantitative estimate of drug-likeness (QED) is 0.451. The molecule has 1 heterocycles. The number of ether oxygens (including phenoxy) is 1. The van der Waals surface area contributed by atoms with Gasteiger partial charge in [0, 0.05) is 35.8 Å². The largest absolute Gasteiger partial charge is 0.454 e. The van der Waals surface area contributed by atoms with Gasteiger partial charge in [-0.3, -0.25) is 4.79 Å². The summed E-state index contributed by atoms with van der Waals surface area (Å²) in [7, 11) is -3.60. The zero-order valence-electron chi connectivity index (χ0n) is 16.2. The Morgan fingerprint density at radius 3 is 2.31 bits per heavy atom. The van der Waals surface area contributed by atoms with Gasteiger partial charge in [-0.2, -0.15) is 4.31 Å². The van der Waals surface area contributed by atoms with Crippen LogP contribution in [0.1, 0.15) is 34.6 Å². The van der Waals surface area contributed by atoms with E-state index in [0.29, 0.717) is 18.7 Å². The molecule has 2 aromatic carbocycles. The highest BCUT2D eigenvalue weighted by molar-refractivity contribution is 7.89. The van der Waals surface area contributed by atoms with E-state index in [2.05, 4.69) is 4.98 Å². The van der Waals surface area contributed by atoms with Gasteiger partial charge in [-0.25, -0.2) is 13.2 Å². The van der Waals surface area contributed by atoms with E-state index < -0.39 is 22.6 Å². The third-order valence-electron chi connectivity index (χ3n) is 4.66. The van der Waals surface area contributed by atoms with Crippen LogP contribution in [0, 0.1) is 0 Å². The van der Waals surface area contributed by atoms with Crippen molar-refractivity contribution in [3.05, 3.63) is 65.9 Å². The van der Waals surface area contributed by atoms with E-state index in [4.69, 9.17) is 4.74 Å². The number of carbonyl (C=O) groups excluding carboxylic acids is 2. The number of aromatic nitrogens is 1. The first-order valence-corrected chi connectivity index (χ1v) is 10.7. The van der Waals surface area contributed by atoms with Gasteiger partial charge in [-0.05, 0) is 30.3 Å². The molecule has 152 valence electrons. The van der Waals surface area contributed by atoms with Gasteiger partial charge in [0.1, 0.15) is 0 Å². The fourth-order valence-electron chi connectivity index (χ4n) is 3.07. The monoisotopic (exact) mass is 414 g/mol. The summed E-state index contributed by atoms with van der Waals surface area (Å²) in [6.07, 6.45) is 1.59. The molecule has 29 heavy (non-hydrogen) atoms. The normalized spacial score (nSPS) is 11.7. The van der Waals surface area contributed by atoms with E-state index >= 15 is 0 Å². The molecule has 0 amide bonds. The Balaban J connectivity index is 1.67. The van der Waals surface area contributed by atoms with Crippen LogP contribution < -0.4 is 0 Å². The van der Waals surface area contributed by atoms with Gasteiger partial charge in [-0.15, -0.1) is 0 Å². The highest BCUT2D eigenvalue weighted by Gasteiger charge is 2.22. The third kappa shape index (κ3) is 4.23. The summed E-state index contributed by atoms with van der Waals surface area (Å²) >= 11 is 0. The number of nitrogens with one attached hydrogen (secondary N) is 1. The van der Waals surface area contributed by atoms with Gasteiger partial charge in [-0.1, -0.05) is 32.0 Å². The van der Waals surface area contributed by atoms with Gasteiger partial charge in [0.15, 0.2) is 6.61 Å². The smallest absolute Gasteiger partial charge is 0.338 e. The maximum absolute atomic E-state index is 12.5. The number of benzene rings is 2. The molecule has 0 saturated heterocycles. The SMILES string of the molecule is CCN(CC)S(=O)(=O)c1ccc(C(=O)OCC(=O)c2c[nH]c3ccccc23)cc1. The van der Waals surface area contributed by atoms with Crippen LogP contribution in [-0.2, 0) is 14.8 Å². The molecular formula is C21H22N2O5S. The van der Waals surface area contributed by atoms with Crippen LogP contribution in [0.15, 0.2) is 59.6 Å². The number of nitrogens with zero attached hydrogens (tertiary/aromatic N) is 1. The molecule has 0 aliphatic rings. The lowest BCUT2D eigenvalue weighted by Crippen LogP contribution is -2.30. The molecule has 0 saturated carbocycles. The van der Waals surface area contributed by atoms with Crippen molar-refractivity contribution in [1.82, 2.24) is 9.29 Å². The van der Waals surface area contributed by atoms with Gasteiger partial charge in [0.05, 0.1) is 10.5 Å². The number of ketones is 1. The molecule has 3 aromatic rings. The molecule has 3 rings (SSSR count). The van der Waals surface area contributed by atoms with E-state index in [0.717, 1.165) is 10.9 Å². The summed E-state index contributed by atoms with van der Waals surface area (Å²) in [4.78, 5) is 27.8. The van der Waals surface area contributed by atoms with Gasteiger partial charge < -0.3 is 9.72 Å². The first-order chi connectivity index (χ1) is 13.9. The predicted molar refractivity (Wildman–Crippen MR) is 109 cm³/mol. The Morgan fingerprint density at radius 1 is 1.00 bits per heavy atom. The molecule has 0 aliphatic heterocycles. The Labute approximate surface area is 169 Å². The number of H-pyrrole nitrogens is 1. The topological polar surface area (TPSA) is 96.5 Å². The molecule has 0 fully saturated rings. The van der Waals surface area contributed by atoms with Crippen molar-refractivity contribution in [1.29, 1.82) is 0 Å². The second-order valence-electron chi connectivity index (χ2n) is 6.36. The highest BCUT2D eigenvalue weighted by atomic mass is 32.2. The maximum atomic E-state index is 12.5. The molecule has 1 aromatic heterocycles. The van der Waals surface area contributed by atoms with Crippen LogP contribution >= 0.6 is 0 Å². The second kappa shape index (κ2) is 8.59. The molecular weight excluding hydrogens is 392 g/mol. The van der Waals surface area contributed by atoms with E-state index in [1.54, 1.807) is 20.0 Å². The number of aromatic amines is 1. The Morgan fingerprint density at radius 2 is 1.66 bits per heavy atom. The molecule has 0 spiro atoms. The van der Waals surface area contributed by atoms with E-state index in [1.807, 2.05) is 24.3 Å². The van der Waals surface area contributed by atoms with Gasteiger partial charge >= 0.3 is 5.97 Å². The predicted octanol–water partition coefficient (Wildman–Crippen LogP) is 3.24. The summed E-state index contributed by atoms with van der Waals surface area (Å²) in [5.41, 5.74) is 1.46. The molecule has 0 unspecified atom stereocenters. The van der Waals surface area contributed by atoms with Crippen molar-refractivity contribution >= 4 is 32.7 Å². The Hall–Kier alpha value is -2.97. The Bertz CT molecular complexity index is 1130. The van der Waals surface area contributed by atoms with Crippen LogP contribution in [0.5, 0.6) is 0 Å². The number of sulfonamides is 1. The highest BCUT2D eigenvalue weighted by Crippen LogP contribution is 2.19. The molecule has 7 nitrogen and oxygen atoms in total. The number of hydrogen-bond donors (Lipinski definition) is 1. The van der Waals surface area contributed by atoms with Crippen LogP contribution in [0.3, 0.4) is 0 Å². The Kier molecular flexibility index (Phi) is 6.14. The fourth-order valence-corrected chi connectivity index (χ4v) is 4.53. The minimum atomic E-state index is -3.60. The summed E-state index contributed by atoms with van der Waals surface area (Å²) in [6, 6.07) is 12.9.